The first-order chi connectivity index (χ1) is 25.4. The molecule has 3 N–H and O–H groups in total. The number of rotatable bonds is 18. The second kappa shape index (κ2) is 17.0. The minimum Gasteiger partial charge on any atom is -0.449 e. The Bertz CT molecular complexity index is 1550. The maximum atomic E-state index is 14.1. The van der Waals surface area contributed by atoms with Gasteiger partial charge in [-0.15, -0.1) is 0 Å². The van der Waals surface area contributed by atoms with Gasteiger partial charge in [0, 0.05) is 12.3 Å². The van der Waals surface area contributed by atoms with E-state index in [0.29, 0.717) is 24.7 Å². The lowest BCUT2D eigenvalue weighted by Crippen LogP contribution is -2.65. The molecular formula is C43H62BN3O6. The van der Waals surface area contributed by atoms with E-state index in [4.69, 9.17) is 14.0 Å². The van der Waals surface area contributed by atoms with Gasteiger partial charge >= 0.3 is 13.2 Å². The fraction of sp³-hybridized carbons (Fsp3) is 0.651. The van der Waals surface area contributed by atoms with Crippen molar-refractivity contribution in [3.05, 3.63) is 59.7 Å². The Hall–Kier alpha value is -3.37. The summed E-state index contributed by atoms with van der Waals surface area (Å²) in [6.45, 7) is 13.3. The number of unbranched alkanes of at least 4 members (excludes halogenated alkanes) is 6. The van der Waals surface area contributed by atoms with Gasteiger partial charge in [0.1, 0.15) is 12.6 Å². The molecular weight excluding hydrogens is 665 g/mol. The summed E-state index contributed by atoms with van der Waals surface area (Å²) in [6.07, 6.45) is 10.1. The van der Waals surface area contributed by atoms with Crippen LogP contribution < -0.4 is 16.0 Å². The number of carbonyl (C=O) groups is 3. The predicted molar refractivity (Wildman–Crippen MR) is 209 cm³/mol. The number of ether oxygens (including phenoxy) is 1. The van der Waals surface area contributed by atoms with Crippen molar-refractivity contribution < 1.29 is 28.4 Å². The Kier molecular flexibility index (Phi) is 12.6. The van der Waals surface area contributed by atoms with Crippen LogP contribution in [0.3, 0.4) is 0 Å². The Balaban J connectivity index is 1.09. The van der Waals surface area contributed by atoms with Crippen molar-refractivity contribution >= 4 is 25.0 Å². The molecule has 1 saturated heterocycles. The lowest BCUT2D eigenvalue weighted by atomic mass is 9.43. The van der Waals surface area contributed by atoms with Gasteiger partial charge in [-0.3, -0.25) is 9.59 Å². The summed E-state index contributed by atoms with van der Waals surface area (Å²) in [4.78, 5) is 40.5. The normalized spacial score (nSPS) is 24.7. The molecule has 2 bridgehead atoms. The fourth-order valence-electron chi connectivity index (χ4n) is 9.65. The second-order valence-corrected chi connectivity index (χ2v) is 17.3. The lowest BCUT2D eigenvalue weighted by Gasteiger charge is -2.64. The van der Waals surface area contributed by atoms with E-state index < -0.39 is 30.8 Å². The molecule has 3 amide bonds. The lowest BCUT2D eigenvalue weighted by molar-refractivity contribution is -0.199. The summed E-state index contributed by atoms with van der Waals surface area (Å²) in [5.41, 5.74) is 4.35. The van der Waals surface area contributed by atoms with Crippen molar-refractivity contribution in [1.29, 1.82) is 0 Å². The van der Waals surface area contributed by atoms with Crippen molar-refractivity contribution in [3.8, 4) is 11.1 Å². The molecule has 2 aromatic rings. The molecule has 5 aliphatic rings. The monoisotopic (exact) mass is 727 g/mol. The van der Waals surface area contributed by atoms with Crippen LogP contribution >= 0.6 is 0 Å². The summed E-state index contributed by atoms with van der Waals surface area (Å²) < 4.78 is 19.2. The third kappa shape index (κ3) is 8.64. The molecule has 7 rings (SSSR count). The van der Waals surface area contributed by atoms with Gasteiger partial charge in [-0.2, -0.15) is 0 Å². The van der Waals surface area contributed by atoms with Crippen LogP contribution in [0, 0.1) is 23.2 Å². The molecule has 53 heavy (non-hydrogen) atoms. The Morgan fingerprint density at radius 1 is 0.887 bits per heavy atom. The summed E-state index contributed by atoms with van der Waals surface area (Å²) in [5.74, 6) is 0.200. The Morgan fingerprint density at radius 2 is 1.53 bits per heavy atom. The van der Waals surface area contributed by atoms with Crippen LogP contribution in [0.25, 0.3) is 11.1 Å². The number of benzene rings is 2. The highest BCUT2D eigenvalue weighted by molar-refractivity contribution is 6.48. The number of fused-ring (bicyclic) bond motifs is 3. The molecule has 1 aliphatic heterocycles. The molecule has 0 spiro atoms. The highest BCUT2D eigenvalue weighted by Gasteiger charge is 2.68. The SMILES string of the molecule is CCCCCCCCCC(=O)N[C@@H](CNC(=O)OCC1c2ccccc2-c2ccccc21)C(=O)N[C@@H](CC(C)C)B1O[C@@H]2C[C@H]3C[C@H](C3(C)C)[C@]2(C)O1. The van der Waals surface area contributed by atoms with Crippen molar-refractivity contribution in [1.82, 2.24) is 16.0 Å². The van der Waals surface area contributed by atoms with Crippen LogP contribution in [0.1, 0.15) is 129 Å². The molecule has 3 saturated carbocycles. The molecule has 4 aliphatic carbocycles. The van der Waals surface area contributed by atoms with Crippen LogP contribution in [0.15, 0.2) is 48.5 Å². The van der Waals surface area contributed by atoms with E-state index >= 15 is 0 Å². The van der Waals surface area contributed by atoms with Gasteiger partial charge in [0.2, 0.25) is 11.8 Å². The standard InChI is InChI=1S/C43H62BN3O6/c1-7-8-9-10-11-12-13-22-39(48)46-35(26-45-41(50)51-27-34-32-20-16-14-18-30(32)31-19-15-17-21-33(31)34)40(49)47-38(23-28(2)3)44-52-37-25-29-24-36(42(29,4)5)43(37,6)53-44/h14-21,28-29,34-38H,7-13,22-27H2,1-6H3,(H,45,50)(H,46,48)(H,47,49)/t29-,35+,36-,37-,38+,43+/m1/s1. The number of alkyl carbamates (subject to hydrolysis) is 1. The van der Waals surface area contributed by atoms with E-state index in [1.807, 2.05) is 24.3 Å². The molecule has 10 heteroatoms. The summed E-state index contributed by atoms with van der Waals surface area (Å²) in [5, 5.41) is 8.92. The van der Waals surface area contributed by atoms with Gasteiger partial charge in [-0.1, -0.05) is 122 Å². The highest BCUT2D eigenvalue weighted by Crippen LogP contribution is 2.65. The van der Waals surface area contributed by atoms with Crippen LogP contribution in [0.2, 0.25) is 0 Å². The molecule has 4 fully saturated rings. The van der Waals surface area contributed by atoms with Gasteiger partial charge in [0.15, 0.2) is 0 Å². The zero-order valence-corrected chi connectivity index (χ0v) is 32.9. The van der Waals surface area contributed by atoms with E-state index in [0.717, 1.165) is 54.4 Å². The third-order valence-corrected chi connectivity index (χ3v) is 12.8. The van der Waals surface area contributed by atoms with E-state index in [2.05, 4.69) is 81.8 Å². The molecule has 0 unspecified atom stereocenters. The van der Waals surface area contributed by atoms with Gasteiger partial charge in [0.25, 0.3) is 0 Å². The largest absolute Gasteiger partial charge is 0.481 e. The Morgan fingerprint density at radius 3 is 2.17 bits per heavy atom. The van der Waals surface area contributed by atoms with E-state index in [-0.39, 0.29) is 48.3 Å². The van der Waals surface area contributed by atoms with E-state index in [1.165, 1.54) is 25.7 Å². The first-order valence-corrected chi connectivity index (χ1v) is 20.4. The third-order valence-electron chi connectivity index (χ3n) is 12.8. The number of amides is 3. The molecule has 0 aromatic heterocycles. The quantitative estimate of drug-likeness (QED) is 0.106. The van der Waals surface area contributed by atoms with Crippen LogP contribution in [0.5, 0.6) is 0 Å². The minimum absolute atomic E-state index is 0.0106. The zero-order valence-electron chi connectivity index (χ0n) is 32.9. The van der Waals surface area contributed by atoms with Gasteiger partial charge in [0.05, 0.1) is 24.2 Å². The molecule has 9 nitrogen and oxygen atoms in total. The Labute approximate surface area is 317 Å². The van der Waals surface area contributed by atoms with Gasteiger partial charge in [-0.05, 0) is 78.0 Å². The van der Waals surface area contributed by atoms with Crippen molar-refractivity contribution in [2.75, 3.05) is 13.2 Å². The topological polar surface area (TPSA) is 115 Å². The first kappa shape index (κ1) is 39.3. The smallest absolute Gasteiger partial charge is 0.449 e. The summed E-state index contributed by atoms with van der Waals surface area (Å²) in [6, 6.07) is 15.4. The molecule has 6 atom stereocenters. The summed E-state index contributed by atoms with van der Waals surface area (Å²) >= 11 is 0. The van der Waals surface area contributed by atoms with E-state index in [9.17, 15) is 14.4 Å². The highest BCUT2D eigenvalue weighted by atomic mass is 16.7. The zero-order chi connectivity index (χ0) is 37.8. The van der Waals surface area contributed by atoms with Crippen LogP contribution in [0.4, 0.5) is 4.79 Å². The van der Waals surface area contributed by atoms with Gasteiger partial charge < -0.3 is 30.0 Å². The van der Waals surface area contributed by atoms with E-state index in [1.54, 1.807) is 0 Å². The number of carbonyl (C=O) groups excluding carboxylic acids is 3. The average molecular weight is 728 g/mol. The van der Waals surface area contributed by atoms with Crippen molar-refractivity contribution in [3.63, 3.8) is 0 Å². The minimum atomic E-state index is -0.992. The number of nitrogens with one attached hydrogen (secondary N) is 3. The number of hydrogen-bond acceptors (Lipinski definition) is 6. The van der Waals surface area contributed by atoms with Crippen molar-refractivity contribution in [2.24, 2.45) is 23.2 Å². The van der Waals surface area contributed by atoms with Crippen molar-refractivity contribution in [2.45, 2.75) is 142 Å². The predicted octanol–water partition coefficient (Wildman–Crippen LogP) is 7.95. The maximum absolute atomic E-state index is 14.1. The summed E-state index contributed by atoms with van der Waals surface area (Å²) in [7, 11) is -0.592. The average Bonchev–Trinajstić information content (AvgIpc) is 3.66. The van der Waals surface area contributed by atoms with Gasteiger partial charge in [-0.25, -0.2) is 4.79 Å². The first-order valence-electron chi connectivity index (χ1n) is 20.4. The van der Waals surface area contributed by atoms with Crippen LogP contribution in [-0.2, 0) is 23.6 Å². The molecule has 1 heterocycles. The number of hydrogen-bond donors (Lipinski definition) is 3. The molecule has 0 radical (unpaired) electrons. The van der Waals surface area contributed by atoms with Crippen LogP contribution in [-0.4, -0.2) is 61.9 Å². The second-order valence-electron chi connectivity index (χ2n) is 17.3. The fourth-order valence-corrected chi connectivity index (χ4v) is 9.65. The molecule has 2 aromatic carbocycles. The molecule has 288 valence electrons. The maximum Gasteiger partial charge on any atom is 0.481 e.